The molecule has 1 aliphatic heterocycles. The predicted molar refractivity (Wildman–Crippen MR) is 100 cm³/mol. The fourth-order valence-electron chi connectivity index (χ4n) is 2.54. The van der Waals surface area contributed by atoms with E-state index in [9.17, 15) is 0 Å². The van der Waals surface area contributed by atoms with Crippen molar-refractivity contribution < 1.29 is 9.47 Å². The van der Waals surface area contributed by atoms with Crippen LogP contribution in [0.3, 0.4) is 0 Å². The van der Waals surface area contributed by atoms with Crippen molar-refractivity contribution >= 4 is 34.1 Å². The highest BCUT2D eigenvalue weighted by molar-refractivity contribution is 14.1. The molecule has 0 saturated heterocycles. The van der Waals surface area contributed by atoms with E-state index in [-0.39, 0.29) is 0 Å². The van der Waals surface area contributed by atoms with Crippen LogP contribution in [0.4, 0.5) is 5.69 Å². The van der Waals surface area contributed by atoms with Crippen molar-refractivity contribution in [2.75, 3.05) is 25.8 Å². The van der Waals surface area contributed by atoms with Crippen LogP contribution in [-0.4, -0.2) is 26.7 Å². The van der Waals surface area contributed by atoms with Gasteiger partial charge in [-0.15, -0.1) is 0 Å². The average Bonchev–Trinajstić information content (AvgIpc) is 3.03. The highest BCUT2D eigenvalue weighted by Gasteiger charge is 2.20. The molecule has 2 aromatic carbocycles. The van der Waals surface area contributed by atoms with E-state index in [2.05, 4.69) is 62.3 Å². The van der Waals surface area contributed by atoms with Crippen LogP contribution in [0.1, 0.15) is 5.56 Å². The zero-order valence-corrected chi connectivity index (χ0v) is 15.2. The lowest BCUT2D eigenvalue weighted by atomic mass is 10.1. The monoisotopic (exact) mass is 423 g/mol. The van der Waals surface area contributed by atoms with Gasteiger partial charge >= 0.3 is 0 Å². The number of ether oxygens (including phenoxy) is 2. The van der Waals surface area contributed by atoms with Gasteiger partial charge in [-0.25, -0.2) is 0 Å². The molecule has 1 N–H and O–H groups in total. The molecule has 0 spiro atoms. The predicted octanol–water partition coefficient (Wildman–Crippen LogP) is 3.23. The van der Waals surface area contributed by atoms with Crippen molar-refractivity contribution in [3.05, 3.63) is 51.6 Å². The van der Waals surface area contributed by atoms with Crippen LogP contribution in [-0.2, 0) is 6.42 Å². The van der Waals surface area contributed by atoms with E-state index in [1.54, 1.807) is 14.2 Å². The van der Waals surface area contributed by atoms with E-state index in [1.807, 2.05) is 18.2 Å². The van der Waals surface area contributed by atoms with Gasteiger partial charge in [0, 0.05) is 21.2 Å². The summed E-state index contributed by atoms with van der Waals surface area (Å²) in [6, 6.07) is 14.2. The lowest BCUT2D eigenvalue weighted by Gasteiger charge is -2.20. The summed E-state index contributed by atoms with van der Waals surface area (Å²) in [4.78, 5) is 2.16. The molecule has 6 heteroatoms. The smallest absolute Gasteiger partial charge is 0.135 e. The van der Waals surface area contributed by atoms with Gasteiger partial charge < -0.3 is 14.4 Å². The Hall–Kier alpha value is -1.96. The number of nitrogens with one attached hydrogen (secondary N) is 1. The Balaban J connectivity index is 1.85. The fraction of sp³-hybridized carbons (Fsp3) is 0.235. The van der Waals surface area contributed by atoms with Gasteiger partial charge in [-0.1, -0.05) is 0 Å². The van der Waals surface area contributed by atoms with E-state index < -0.39 is 0 Å². The summed E-state index contributed by atoms with van der Waals surface area (Å²) in [7, 11) is 3.34. The summed E-state index contributed by atoms with van der Waals surface area (Å²) in [6.45, 7) is 0.669. The second kappa shape index (κ2) is 7.08. The van der Waals surface area contributed by atoms with Gasteiger partial charge in [-0.05, 0) is 65.1 Å². The highest BCUT2D eigenvalue weighted by atomic mass is 127. The maximum atomic E-state index is 5.46. The maximum absolute atomic E-state index is 5.46. The van der Waals surface area contributed by atoms with Crippen molar-refractivity contribution in [2.45, 2.75) is 6.42 Å². The summed E-state index contributed by atoms with van der Waals surface area (Å²) < 4.78 is 12.0. The molecule has 2 aromatic rings. The van der Waals surface area contributed by atoms with E-state index in [1.165, 1.54) is 3.57 Å². The van der Waals surface area contributed by atoms with Gasteiger partial charge in [-0.2, -0.15) is 5.10 Å². The standard InChI is InChI=1S/C17H18IN3O2/c1-22-15-7-8-16(23-2)12(9-15)10-17-20-19-11-21(17)14-5-3-13(18)4-6-14/h3-9,19H,10-11H2,1-2H3. The van der Waals surface area contributed by atoms with E-state index in [4.69, 9.17) is 9.47 Å². The first kappa shape index (κ1) is 15.9. The normalized spacial score (nSPS) is 13.5. The molecule has 3 rings (SSSR count). The Bertz CT molecular complexity index is 716. The van der Waals surface area contributed by atoms with Crippen molar-refractivity contribution in [3.63, 3.8) is 0 Å². The van der Waals surface area contributed by atoms with Crippen molar-refractivity contribution in [3.8, 4) is 11.5 Å². The summed E-state index contributed by atoms with van der Waals surface area (Å²) in [6.07, 6.45) is 0.666. The molecular weight excluding hydrogens is 405 g/mol. The second-order valence-electron chi connectivity index (χ2n) is 5.10. The van der Waals surface area contributed by atoms with Crippen LogP contribution in [0, 0.1) is 3.57 Å². The fourth-order valence-corrected chi connectivity index (χ4v) is 2.90. The van der Waals surface area contributed by atoms with E-state index in [0.29, 0.717) is 13.1 Å². The Morgan fingerprint density at radius 3 is 2.61 bits per heavy atom. The Morgan fingerprint density at radius 1 is 1.13 bits per heavy atom. The third kappa shape index (κ3) is 3.52. The molecule has 1 aliphatic rings. The number of amidine groups is 1. The Kier molecular flexibility index (Phi) is 4.90. The third-order valence-electron chi connectivity index (χ3n) is 3.72. The van der Waals surface area contributed by atoms with Gasteiger partial charge in [0.15, 0.2) is 0 Å². The maximum Gasteiger partial charge on any atom is 0.135 e. The number of anilines is 1. The summed E-state index contributed by atoms with van der Waals surface area (Å²) >= 11 is 2.31. The van der Waals surface area contributed by atoms with Crippen LogP contribution < -0.4 is 19.8 Å². The Labute approximate surface area is 149 Å². The van der Waals surface area contributed by atoms with E-state index in [0.717, 1.165) is 28.6 Å². The number of rotatable bonds is 5. The molecule has 0 amide bonds. The molecule has 0 atom stereocenters. The van der Waals surface area contributed by atoms with Crippen LogP contribution in [0.2, 0.25) is 0 Å². The quantitative estimate of drug-likeness (QED) is 0.751. The minimum atomic E-state index is 0.666. The first-order valence-electron chi connectivity index (χ1n) is 7.24. The number of halogens is 1. The van der Waals surface area contributed by atoms with Gasteiger partial charge in [0.1, 0.15) is 24.0 Å². The van der Waals surface area contributed by atoms with Crippen LogP contribution in [0.5, 0.6) is 11.5 Å². The first-order chi connectivity index (χ1) is 11.2. The lowest BCUT2D eigenvalue weighted by Crippen LogP contribution is -2.30. The first-order valence-corrected chi connectivity index (χ1v) is 8.32. The van der Waals surface area contributed by atoms with Crippen LogP contribution in [0.15, 0.2) is 47.6 Å². The number of methoxy groups -OCH3 is 2. The number of benzene rings is 2. The average molecular weight is 423 g/mol. The van der Waals surface area contributed by atoms with Crippen LogP contribution in [0.25, 0.3) is 0 Å². The van der Waals surface area contributed by atoms with Crippen molar-refractivity contribution in [1.29, 1.82) is 0 Å². The summed E-state index contributed by atoms with van der Waals surface area (Å²) in [5.41, 5.74) is 5.23. The number of hydrogen-bond donors (Lipinski definition) is 1. The minimum absolute atomic E-state index is 0.666. The SMILES string of the molecule is COc1ccc(OC)c(CC2=NNCN2c2ccc(I)cc2)c1. The molecule has 0 unspecified atom stereocenters. The highest BCUT2D eigenvalue weighted by Crippen LogP contribution is 2.27. The summed E-state index contributed by atoms with van der Waals surface area (Å²) in [5.74, 6) is 2.61. The molecule has 1 heterocycles. The molecule has 120 valence electrons. The summed E-state index contributed by atoms with van der Waals surface area (Å²) in [5, 5.41) is 4.44. The molecule has 0 fully saturated rings. The number of hydrogen-bond acceptors (Lipinski definition) is 5. The van der Waals surface area contributed by atoms with Gasteiger partial charge in [0.25, 0.3) is 0 Å². The molecule has 0 bridgehead atoms. The van der Waals surface area contributed by atoms with E-state index >= 15 is 0 Å². The van der Waals surface area contributed by atoms with Gasteiger partial charge in [-0.3, -0.25) is 5.43 Å². The van der Waals surface area contributed by atoms with Crippen molar-refractivity contribution in [1.82, 2.24) is 5.43 Å². The lowest BCUT2D eigenvalue weighted by molar-refractivity contribution is 0.400. The molecule has 5 nitrogen and oxygen atoms in total. The molecule has 0 saturated carbocycles. The Morgan fingerprint density at radius 2 is 1.91 bits per heavy atom. The number of hydrazone groups is 1. The zero-order valence-electron chi connectivity index (χ0n) is 13.0. The largest absolute Gasteiger partial charge is 0.497 e. The topological polar surface area (TPSA) is 46.1 Å². The van der Waals surface area contributed by atoms with Gasteiger partial charge in [0.05, 0.1) is 14.2 Å². The van der Waals surface area contributed by atoms with Gasteiger partial charge in [0.2, 0.25) is 0 Å². The molecule has 23 heavy (non-hydrogen) atoms. The third-order valence-corrected chi connectivity index (χ3v) is 4.44. The molecule has 0 aliphatic carbocycles. The van der Waals surface area contributed by atoms with Crippen molar-refractivity contribution in [2.24, 2.45) is 5.10 Å². The number of nitrogens with zero attached hydrogens (tertiary/aromatic N) is 2. The zero-order chi connectivity index (χ0) is 16.2. The molecule has 0 radical (unpaired) electrons. The minimum Gasteiger partial charge on any atom is -0.497 e. The molecular formula is C17H18IN3O2. The molecule has 0 aromatic heterocycles. The second-order valence-corrected chi connectivity index (χ2v) is 6.35. The van der Waals surface area contributed by atoms with Crippen LogP contribution >= 0.6 is 22.6 Å².